The molecule has 1 aliphatic heterocycles. The number of hydrogen-bond acceptors (Lipinski definition) is 8. The summed E-state index contributed by atoms with van der Waals surface area (Å²) in [5, 5.41) is 4.05. The van der Waals surface area contributed by atoms with Crippen LogP contribution in [0.4, 0.5) is 5.13 Å². The summed E-state index contributed by atoms with van der Waals surface area (Å²) in [4.78, 5) is 38.8. The van der Waals surface area contributed by atoms with Crippen LogP contribution >= 0.6 is 22.9 Å². The maximum Gasteiger partial charge on any atom is 0.350 e. The number of esters is 1. The van der Waals surface area contributed by atoms with Crippen LogP contribution in [0, 0.1) is 6.92 Å². The summed E-state index contributed by atoms with van der Waals surface area (Å²) in [5.74, 6) is -0.469. The molecule has 0 radical (unpaired) electrons. The number of carbonyl (C=O) groups excluding carboxylic acids is 2. The Balaban J connectivity index is 1.67. The second-order valence-corrected chi connectivity index (χ2v) is 8.26. The van der Waals surface area contributed by atoms with Gasteiger partial charge in [-0.25, -0.2) is 14.8 Å². The Morgan fingerprint density at radius 1 is 1.37 bits per heavy atom. The summed E-state index contributed by atoms with van der Waals surface area (Å²) in [6.07, 6.45) is 1.08. The second kappa shape index (κ2) is 9.76. The average Bonchev–Trinajstić information content (AvgIpc) is 3.31. The number of aryl methyl sites for hydroxylation is 2. The van der Waals surface area contributed by atoms with E-state index in [4.69, 9.17) is 21.1 Å². The molecular weight excluding hydrogens is 430 g/mol. The highest BCUT2D eigenvalue weighted by Gasteiger charge is 2.33. The van der Waals surface area contributed by atoms with Crippen molar-refractivity contribution >= 4 is 39.9 Å². The van der Waals surface area contributed by atoms with E-state index >= 15 is 0 Å². The third kappa shape index (κ3) is 4.76. The van der Waals surface area contributed by atoms with Crippen molar-refractivity contribution in [1.82, 2.24) is 20.3 Å². The third-order valence-corrected chi connectivity index (χ3v) is 6.50. The topological polar surface area (TPSA) is 109 Å². The molecule has 0 aromatic carbocycles. The number of aromatic amines is 1. The van der Waals surface area contributed by atoms with Gasteiger partial charge in [-0.1, -0.05) is 29.9 Å². The highest BCUT2D eigenvalue weighted by atomic mass is 35.5. The summed E-state index contributed by atoms with van der Waals surface area (Å²) in [6.45, 7) is 7.03. The van der Waals surface area contributed by atoms with Crippen LogP contribution in [0.25, 0.3) is 0 Å². The lowest BCUT2D eigenvalue weighted by atomic mass is 10.0. The van der Waals surface area contributed by atoms with E-state index in [-0.39, 0.29) is 29.8 Å². The molecule has 3 heterocycles. The van der Waals surface area contributed by atoms with Crippen LogP contribution in [0.2, 0.25) is 5.15 Å². The van der Waals surface area contributed by atoms with Gasteiger partial charge in [0, 0.05) is 20.2 Å². The fraction of sp³-hybridized carbons (Fsp3) is 0.579. The van der Waals surface area contributed by atoms with E-state index in [0.29, 0.717) is 48.3 Å². The summed E-state index contributed by atoms with van der Waals surface area (Å²) >= 11 is 7.35. The van der Waals surface area contributed by atoms with Crippen molar-refractivity contribution in [3.8, 4) is 0 Å². The van der Waals surface area contributed by atoms with Crippen LogP contribution in [-0.4, -0.2) is 65.8 Å². The van der Waals surface area contributed by atoms with Gasteiger partial charge in [-0.15, -0.1) is 0 Å². The highest BCUT2D eigenvalue weighted by Crippen LogP contribution is 2.29. The van der Waals surface area contributed by atoms with Crippen molar-refractivity contribution in [2.24, 2.45) is 0 Å². The predicted octanol–water partition coefficient (Wildman–Crippen LogP) is 2.59. The number of hydrogen-bond donors (Lipinski definition) is 2. The van der Waals surface area contributed by atoms with Crippen LogP contribution in [0.3, 0.4) is 0 Å². The molecular formula is C19H26ClN5O4S. The molecule has 1 amide bonds. The zero-order chi connectivity index (χ0) is 21.8. The van der Waals surface area contributed by atoms with Crippen molar-refractivity contribution in [2.45, 2.75) is 45.8 Å². The minimum atomic E-state index is -0.354. The molecule has 0 spiro atoms. The quantitative estimate of drug-likeness (QED) is 0.617. The van der Waals surface area contributed by atoms with Crippen LogP contribution in [0.5, 0.6) is 0 Å². The Labute approximate surface area is 184 Å². The molecule has 0 saturated carbocycles. The maximum absolute atomic E-state index is 12.6. The lowest BCUT2D eigenvalue weighted by Crippen LogP contribution is -2.55. The lowest BCUT2D eigenvalue weighted by Gasteiger charge is -2.37. The standard InChI is InChI=1S/C19H26ClN5O4S/c1-5-11-15(20)24-16(22-11)17(26)23-12-7-8-25(9-13(12)28-4)19-21-10(3)14(30-19)18(27)29-6-2/h12-13H,5-9H2,1-4H3,(H,22,24)(H,23,26). The summed E-state index contributed by atoms with van der Waals surface area (Å²) < 4.78 is 10.7. The monoisotopic (exact) mass is 455 g/mol. The number of H-pyrrole nitrogens is 1. The molecule has 0 aliphatic carbocycles. The zero-order valence-corrected chi connectivity index (χ0v) is 19.0. The number of imidazole rings is 1. The molecule has 30 heavy (non-hydrogen) atoms. The van der Waals surface area contributed by atoms with Gasteiger partial charge in [0.1, 0.15) is 4.88 Å². The number of aromatic nitrogens is 3. The number of ether oxygens (including phenoxy) is 2. The van der Waals surface area contributed by atoms with Gasteiger partial charge in [0.05, 0.1) is 30.1 Å². The number of nitrogens with zero attached hydrogens (tertiary/aromatic N) is 3. The number of amides is 1. The van der Waals surface area contributed by atoms with Gasteiger partial charge in [0.15, 0.2) is 16.1 Å². The number of halogens is 1. The highest BCUT2D eigenvalue weighted by molar-refractivity contribution is 7.17. The van der Waals surface area contributed by atoms with Gasteiger partial charge in [-0.05, 0) is 26.7 Å². The van der Waals surface area contributed by atoms with Crippen LogP contribution < -0.4 is 10.2 Å². The Morgan fingerprint density at radius 2 is 2.13 bits per heavy atom. The zero-order valence-electron chi connectivity index (χ0n) is 17.5. The smallest absolute Gasteiger partial charge is 0.350 e. The summed E-state index contributed by atoms with van der Waals surface area (Å²) in [6, 6.07) is -0.182. The molecule has 1 aliphatic rings. The molecule has 2 N–H and O–H groups in total. The van der Waals surface area contributed by atoms with E-state index in [1.54, 1.807) is 21.0 Å². The van der Waals surface area contributed by atoms with E-state index in [0.717, 1.165) is 10.8 Å². The largest absolute Gasteiger partial charge is 0.462 e. The van der Waals surface area contributed by atoms with Crippen molar-refractivity contribution < 1.29 is 19.1 Å². The van der Waals surface area contributed by atoms with Crippen molar-refractivity contribution in [2.75, 3.05) is 31.7 Å². The Morgan fingerprint density at radius 3 is 2.77 bits per heavy atom. The van der Waals surface area contributed by atoms with E-state index in [1.807, 2.05) is 6.92 Å². The Bertz CT molecular complexity index is 915. The first-order chi connectivity index (χ1) is 14.4. The van der Waals surface area contributed by atoms with E-state index in [1.165, 1.54) is 11.3 Å². The van der Waals surface area contributed by atoms with Crippen LogP contribution in [0.15, 0.2) is 0 Å². The van der Waals surface area contributed by atoms with Crippen molar-refractivity contribution in [1.29, 1.82) is 0 Å². The number of carbonyl (C=O) groups is 2. The molecule has 11 heteroatoms. The van der Waals surface area contributed by atoms with E-state index < -0.39 is 0 Å². The van der Waals surface area contributed by atoms with Gasteiger partial charge in [-0.3, -0.25) is 4.79 Å². The fourth-order valence-corrected chi connectivity index (χ4v) is 4.63. The van der Waals surface area contributed by atoms with Gasteiger partial charge in [-0.2, -0.15) is 0 Å². The van der Waals surface area contributed by atoms with Crippen LogP contribution in [0.1, 0.15) is 51.9 Å². The van der Waals surface area contributed by atoms with Gasteiger partial charge in [0.2, 0.25) is 0 Å². The van der Waals surface area contributed by atoms with Crippen molar-refractivity contribution in [3.63, 3.8) is 0 Å². The van der Waals surface area contributed by atoms with Crippen LogP contribution in [-0.2, 0) is 15.9 Å². The number of nitrogens with one attached hydrogen (secondary N) is 2. The molecule has 0 bridgehead atoms. The second-order valence-electron chi connectivity index (χ2n) is 6.93. The molecule has 3 rings (SSSR count). The molecule has 2 atom stereocenters. The predicted molar refractivity (Wildman–Crippen MR) is 115 cm³/mol. The first kappa shape index (κ1) is 22.5. The minimum absolute atomic E-state index is 0.182. The van der Waals surface area contributed by atoms with Gasteiger partial charge >= 0.3 is 5.97 Å². The normalized spacial score (nSPS) is 19.0. The maximum atomic E-state index is 12.6. The Hall–Kier alpha value is -2.17. The molecule has 164 valence electrons. The lowest BCUT2D eigenvalue weighted by molar-refractivity contribution is 0.0530. The van der Waals surface area contributed by atoms with E-state index in [2.05, 4.69) is 25.2 Å². The molecule has 1 fully saturated rings. The first-order valence-electron chi connectivity index (χ1n) is 9.85. The number of thiazole rings is 1. The molecule has 2 unspecified atom stereocenters. The van der Waals surface area contributed by atoms with Gasteiger partial charge < -0.3 is 24.7 Å². The summed E-state index contributed by atoms with van der Waals surface area (Å²) in [7, 11) is 1.61. The number of anilines is 1. The molecule has 1 saturated heterocycles. The molecule has 2 aromatic heterocycles. The fourth-order valence-electron chi connectivity index (χ4n) is 3.36. The van der Waals surface area contributed by atoms with Crippen molar-refractivity contribution in [3.05, 3.63) is 27.2 Å². The number of piperidine rings is 1. The molecule has 9 nitrogen and oxygen atoms in total. The van der Waals surface area contributed by atoms with E-state index in [9.17, 15) is 9.59 Å². The van der Waals surface area contributed by atoms with Gasteiger partial charge in [0.25, 0.3) is 5.91 Å². The number of methoxy groups -OCH3 is 1. The minimum Gasteiger partial charge on any atom is -0.462 e. The first-order valence-corrected chi connectivity index (χ1v) is 11.0. The third-order valence-electron chi connectivity index (χ3n) is 4.99. The summed E-state index contributed by atoms with van der Waals surface area (Å²) in [5.41, 5.74) is 1.38. The SMILES string of the molecule is CCOC(=O)c1sc(N2CCC(NC(=O)c3nc(Cl)c(CC)[nH]3)C(OC)C2)nc1C. The Kier molecular flexibility index (Phi) is 7.32. The molecule has 2 aromatic rings. The number of rotatable bonds is 7. The average molecular weight is 456 g/mol.